The maximum Gasteiger partial charge on any atom is 0.404 e. The van der Waals surface area contributed by atoms with E-state index in [1.807, 2.05) is 13.8 Å². The number of rotatable bonds is 5. The van der Waals surface area contributed by atoms with Crippen LogP contribution in [0, 0.1) is 5.92 Å². The summed E-state index contributed by atoms with van der Waals surface area (Å²) in [6.07, 6.45) is -1.87. The lowest BCUT2D eigenvalue weighted by molar-refractivity contribution is -0.0423. The van der Waals surface area contributed by atoms with Crippen LogP contribution in [0.25, 0.3) is 0 Å². The highest BCUT2D eigenvalue weighted by atomic mass is 35.5. The summed E-state index contributed by atoms with van der Waals surface area (Å²) in [5, 5.41) is 0.985. The molecule has 6 heteroatoms. The van der Waals surface area contributed by atoms with Gasteiger partial charge in [0.2, 0.25) is 0 Å². The van der Waals surface area contributed by atoms with Gasteiger partial charge in [-0.1, -0.05) is 43.1 Å². The highest BCUT2D eigenvalue weighted by molar-refractivity contribution is 6.35. The van der Waals surface area contributed by atoms with E-state index < -0.39 is 18.3 Å². The highest BCUT2D eigenvalue weighted by Gasteiger charge is 2.30. The van der Waals surface area contributed by atoms with Gasteiger partial charge in [-0.2, -0.15) is 0 Å². The fraction of sp³-hybridized carbons (Fsp3) is 0.462. The van der Waals surface area contributed by atoms with E-state index in [9.17, 15) is 4.79 Å². The standard InChI is InChI=1S/C13H17Cl2NO3/c1-7(2)11(19-13(16)17)12(18-3)9-5-4-8(14)6-10(9)15/h4-7,11-12H,1-3H3,(H2,16,17)/t11-,12-/m1/s1. The molecule has 2 atom stereocenters. The van der Waals surface area contributed by atoms with Crippen molar-refractivity contribution in [1.29, 1.82) is 0 Å². The summed E-state index contributed by atoms with van der Waals surface area (Å²) in [6.45, 7) is 3.81. The first-order valence-corrected chi connectivity index (χ1v) is 6.56. The molecule has 0 heterocycles. The molecule has 0 aliphatic carbocycles. The third-order valence-corrected chi connectivity index (χ3v) is 3.29. The number of hydrogen-bond acceptors (Lipinski definition) is 3. The lowest BCUT2D eigenvalue weighted by Gasteiger charge is -2.29. The number of amides is 1. The molecule has 4 nitrogen and oxygen atoms in total. The number of benzene rings is 1. The van der Waals surface area contributed by atoms with Gasteiger partial charge in [-0.3, -0.25) is 0 Å². The van der Waals surface area contributed by atoms with Crippen molar-refractivity contribution in [3.8, 4) is 0 Å². The molecule has 0 spiro atoms. The van der Waals surface area contributed by atoms with Crippen molar-refractivity contribution in [3.05, 3.63) is 33.8 Å². The lowest BCUT2D eigenvalue weighted by Crippen LogP contribution is -2.33. The van der Waals surface area contributed by atoms with E-state index >= 15 is 0 Å². The lowest BCUT2D eigenvalue weighted by atomic mass is 9.95. The normalized spacial score (nSPS) is 14.2. The zero-order valence-corrected chi connectivity index (χ0v) is 12.5. The topological polar surface area (TPSA) is 61.6 Å². The van der Waals surface area contributed by atoms with Gasteiger partial charge in [0, 0.05) is 22.7 Å². The van der Waals surface area contributed by atoms with Gasteiger partial charge in [0.05, 0.1) is 0 Å². The summed E-state index contributed by atoms with van der Waals surface area (Å²) in [5.41, 5.74) is 5.80. The molecule has 0 saturated carbocycles. The molecule has 1 amide bonds. The van der Waals surface area contributed by atoms with Gasteiger partial charge in [0.25, 0.3) is 0 Å². The number of halogens is 2. The molecule has 0 aromatic heterocycles. The molecule has 1 rings (SSSR count). The first kappa shape index (κ1) is 16.1. The number of carbonyl (C=O) groups is 1. The van der Waals surface area contributed by atoms with E-state index in [-0.39, 0.29) is 5.92 Å². The van der Waals surface area contributed by atoms with Crippen LogP contribution in [0.15, 0.2) is 18.2 Å². The molecule has 106 valence electrons. The molecule has 0 radical (unpaired) electrons. The monoisotopic (exact) mass is 305 g/mol. The van der Waals surface area contributed by atoms with E-state index in [1.54, 1.807) is 18.2 Å². The van der Waals surface area contributed by atoms with Crippen LogP contribution in [-0.2, 0) is 9.47 Å². The van der Waals surface area contributed by atoms with Crippen molar-refractivity contribution in [2.75, 3.05) is 7.11 Å². The van der Waals surface area contributed by atoms with Crippen LogP contribution in [0.3, 0.4) is 0 Å². The Balaban J connectivity index is 3.11. The fourth-order valence-electron chi connectivity index (χ4n) is 1.85. The molecule has 19 heavy (non-hydrogen) atoms. The minimum atomic E-state index is -0.842. The minimum Gasteiger partial charge on any atom is -0.443 e. The average Bonchev–Trinajstić information content (AvgIpc) is 2.30. The summed E-state index contributed by atoms with van der Waals surface area (Å²) in [5.74, 6) is 0.0178. The van der Waals surface area contributed by atoms with E-state index in [0.29, 0.717) is 15.6 Å². The molecule has 1 aromatic rings. The molecule has 0 fully saturated rings. The number of nitrogens with two attached hydrogens (primary N) is 1. The third kappa shape index (κ3) is 4.27. The molecule has 0 aliphatic heterocycles. The Morgan fingerprint density at radius 2 is 1.95 bits per heavy atom. The van der Waals surface area contributed by atoms with Gasteiger partial charge in [-0.05, 0) is 18.1 Å². The maximum absolute atomic E-state index is 11.0. The van der Waals surface area contributed by atoms with Crippen LogP contribution in [0.5, 0.6) is 0 Å². The Labute approximate surface area is 122 Å². The summed E-state index contributed by atoms with van der Waals surface area (Å²) in [6, 6.07) is 5.07. The molecule has 2 N–H and O–H groups in total. The number of ether oxygens (including phenoxy) is 2. The van der Waals surface area contributed by atoms with Crippen LogP contribution in [0.4, 0.5) is 4.79 Å². The largest absolute Gasteiger partial charge is 0.443 e. The molecule has 0 saturated heterocycles. The van der Waals surface area contributed by atoms with E-state index in [1.165, 1.54) is 7.11 Å². The van der Waals surface area contributed by atoms with Crippen molar-refractivity contribution in [3.63, 3.8) is 0 Å². The van der Waals surface area contributed by atoms with E-state index in [0.717, 1.165) is 0 Å². The second-order valence-corrected chi connectivity index (χ2v) is 5.31. The van der Waals surface area contributed by atoms with Gasteiger partial charge < -0.3 is 15.2 Å². The summed E-state index contributed by atoms with van der Waals surface area (Å²) < 4.78 is 10.5. The predicted octanol–water partition coefficient (Wildman–Crippen LogP) is 3.80. The van der Waals surface area contributed by atoms with Gasteiger partial charge in [-0.25, -0.2) is 4.79 Å². The number of carbonyl (C=O) groups excluding carboxylic acids is 1. The van der Waals surface area contributed by atoms with E-state index in [2.05, 4.69) is 0 Å². The molecule has 0 aliphatic rings. The van der Waals surface area contributed by atoms with Crippen LogP contribution >= 0.6 is 23.2 Å². The van der Waals surface area contributed by atoms with Gasteiger partial charge in [-0.15, -0.1) is 0 Å². The van der Waals surface area contributed by atoms with E-state index in [4.69, 9.17) is 38.4 Å². The van der Waals surface area contributed by atoms with Crippen LogP contribution in [-0.4, -0.2) is 19.3 Å². The van der Waals surface area contributed by atoms with Crippen LogP contribution in [0.1, 0.15) is 25.5 Å². The van der Waals surface area contributed by atoms with Crippen LogP contribution < -0.4 is 5.73 Å². The Bertz CT molecular complexity index is 452. The second kappa shape index (κ2) is 6.98. The Kier molecular flexibility index (Phi) is 5.91. The Hall–Kier alpha value is -0.970. The van der Waals surface area contributed by atoms with Gasteiger partial charge in [0.15, 0.2) is 0 Å². The Morgan fingerprint density at radius 3 is 2.37 bits per heavy atom. The number of primary amides is 1. The molecule has 0 bridgehead atoms. The van der Waals surface area contributed by atoms with Crippen LogP contribution in [0.2, 0.25) is 10.0 Å². The predicted molar refractivity (Wildman–Crippen MR) is 75.5 cm³/mol. The zero-order chi connectivity index (χ0) is 14.6. The average molecular weight is 306 g/mol. The van der Waals surface area contributed by atoms with Crippen molar-refractivity contribution in [1.82, 2.24) is 0 Å². The summed E-state index contributed by atoms with van der Waals surface area (Å²) >= 11 is 12.0. The number of methoxy groups -OCH3 is 1. The number of hydrogen-bond donors (Lipinski definition) is 1. The SMILES string of the molecule is CO[C@H](c1ccc(Cl)cc1Cl)[C@H](OC(N)=O)C(C)C. The summed E-state index contributed by atoms with van der Waals surface area (Å²) in [7, 11) is 1.52. The maximum atomic E-state index is 11.0. The van der Waals surface area contributed by atoms with Crippen molar-refractivity contribution >= 4 is 29.3 Å². The Morgan fingerprint density at radius 1 is 1.32 bits per heavy atom. The highest BCUT2D eigenvalue weighted by Crippen LogP contribution is 2.33. The summed E-state index contributed by atoms with van der Waals surface area (Å²) in [4.78, 5) is 11.0. The molecular weight excluding hydrogens is 289 g/mol. The van der Waals surface area contributed by atoms with Crippen molar-refractivity contribution in [2.45, 2.75) is 26.1 Å². The van der Waals surface area contributed by atoms with Crippen molar-refractivity contribution in [2.24, 2.45) is 11.7 Å². The fourth-order valence-corrected chi connectivity index (χ4v) is 2.37. The van der Waals surface area contributed by atoms with Gasteiger partial charge >= 0.3 is 6.09 Å². The molecule has 0 unspecified atom stereocenters. The third-order valence-electron chi connectivity index (χ3n) is 2.73. The van der Waals surface area contributed by atoms with Gasteiger partial charge in [0.1, 0.15) is 12.2 Å². The zero-order valence-electron chi connectivity index (χ0n) is 11.0. The first-order chi connectivity index (χ1) is 8.86. The molecular formula is C13H17Cl2NO3. The molecule has 1 aromatic carbocycles. The second-order valence-electron chi connectivity index (χ2n) is 4.47. The van der Waals surface area contributed by atoms with Crippen molar-refractivity contribution < 1.29 is 14.3 Å². The smallest absolute Gasteiger partial charge is 0.404 e. The quantitative estimate of drug-likeness (QED) is 0.900. The first-order valence-electron chi connectivity index (χ1n) is 5.80. The minimum absolute atomic E-state index is 0.0178.